The summed E-state index contributed by atoms with van der Waals surface area (Å²) in [6, 6.07) is 0. The van der Waals surface area contributed by atoms with Crippen LogP contribution in [0.1, 0.15) is 33.6 Å². The maximum Gasteiger partial charge on any atom is 0.203 e. The van der Waals surface area contributed by atoms with Gasteiger partial charge in [0.25, 0.3) is 0 Å². The van der Waals surface area contributed by atoms with Crippen molar-refractivity contribution < 1.29 is 14.0 Å². The van der Waals surface area contributed by atoms with E-state index in [1.54, 1.807) is 12.2 Å². The number of Topliss-reactive ketones (excluding diaryl/α,β-unsaturated/α-hetero) is 1. The lowest BCUT2D eigenvalue weighted by Crippen LogP contribution is -2.55. The molecule has 1 atom stereocenters. The summed E-state index contributed by atoms with van der Waals surface area (Å²) in [5.74, 6) is 11.1. The van der Waals surface area contributed by atoms with Crippen LogP contribution in [0.15, 0.2) is 23.8 Å². The number of hydrogen-bond acceptors (Lipinski definition) is 3. The van der Waals surface area contributed by atoms with E-state index in [1.807, 2.05) is 0 Å². The lowest BCUT2D eigenvalue weighted by molar-refractivity contribution is -0.133. The summed E-state index contributed by atoms with van der Waals surface area (Å²) in [5, 5.41) is -0.0843. The van der Waals surface area contributed by atoms with Crippen LogP contribution in [0.25, 0.3) is 0 Å². The largest absolute Gasteiger partial charge is 0.394 e. The maximum atomic E-state index is 13.0. The van der Waals surface area contributed by atoms with Crippen molar-refractivity contribution in [1.29, 1.82) is 0 Å². The Bertz CT molecular complexity index is 727. The third-order valence-corrected chi connectivity index (χ3v) is 9.03. The molecule has 0 aromatic rings. The second kappa shape index (κ2) is 5.96. The average molecular weight is 326 g/mol. The minimum absolute atomic E-state index is 0.0177. The van der Waals surface area contributed by atoms with Crippen LogP contribution in [0, 0.1) is 23.7 Å². The van der Waals surface area contributed by atoms with Crippen molar-refractivity contribution in [2.45, 2.75) is 57.3 Å². The molecule has 0 spiro atoms. The molecule has 2 aliphatic rings. The van der Waals surface area contributed by atoms with E-state index in [-0.39, 0.29) is 29.4 Å². The smallest absolute Gasteiger partial charge is 0.203 e. The predicted molar refractivity (Wildman–Crippen MR) is 93.0 cm³/mol. The molecular formula is C19H22O3Si. The molecule has 120 valence electrons. The fraction of sp³-hybridized carbons (Fsp3) is 0.474. The second-order valence-electron chi connectivity index (χ2n) is 7.43. The van der Waals surface area contributed by atoms with Crippen molar-refractivity contribution in [3.05, 3.63) is 23.8 Å². The van der Waals surface area contributed by atoms with Crippen LogP contribution in [0.4, 0.5) is 0 Å². The Hall–Kier alpha value is -1.88. The molecule has 0 N–H and O–H groups in total. The van der Waals surface area contributed by atoms with Crippen LogP contribution in [-0.2, 0) is 14.0 Å². The molecule has 0 aliphatic heterocycles. The molecule has 0 aromatic carbocycles. The Kier molecular flexibility index (Phi) is 4.53. The van der Waals surface area contributed by atoms with Gasteiger partial charge in [0.05, 0.1) is 6.42 Å². The SMILES string of the molecule is CC(C)(C)[Si](C)(C)OC12C#CC=CC#CCC(=CC(=O)C1)C2=O. The molecule has 0 heterocycles. The number of carbonyl (C=O) groups is 2. The topological polar surface area (TPSA) is 43.4 Å². The van der Waals surface area contributed by atoms with E-state index in [2.05, 4.69) is 57.5 Å². The van der Waals surface area contributed by atoms with Crippen molar-refractivity contribution >= 4 is 19.9 Å². The number of ketones is 2. The normalized spacial score (nSPS) is 24.1. The highest BCUT2D eigenvalue weighted by atomic mass is 28.4. The fourth-order valence-corrected chi connectivity index (χ4v) is 3.66. The van der Waals surface area contributed by atoms with E-state index in [0.717, 1.165) is 0 Å². The number of fused-ring (bicyclic) bond motifs is 2. The van der Waals surface area contributed by atoms with Gasteiger partial charge in [-0.05, 0) is 36.4 Å². The highest BCUT2D eigenvalue weighted by Gasteiger charge is 2.51. The predicted octanol–water partition coefficient (Wildman–Crippen LogP) is 3.18. The summed E-state index contributed by atoms with van der Waals surface area (Å²) in [5.41, 5.74) is -0.967. The lowest BCUT2D eigenvalue weighted by Gasteiger charge is -2.43. The number of rotatable bonds is 2. The average Bonchev–Trinajstić information content (AvgIpc) is 2.40. The first-order valence-electron chi connectivity index (χ1n) is 7.72. The van der Waals surface area contributed by atoms with Crippen LogP contribution >= 0.6 is 0 Å². The Labute approximate surface area is 139 Å². The molecule has 0 saturated carbocycles. The monoisotopic (exact) mass is 326 g/mol. The van der Waals surface area contributed by atoms with E-state index in [4.69, 9.17) is 4.43 Å². The maximum absolute atomic E-state index is 13.0. The first-order chi connectivity index (χ1) is 10.6. The van der Waals surface area contributed by atoms with Gasteiger partial charge in [-0.1, -0.05) is 44.5 Å². The third-order valence-electron chi connectivity index (χ3n) is 4.56. The zero-order valence-electron chi connectivity index (χ0n) is 14.4. The van der Waals surface area contributed by atoms with Gasteiger partial charge in [0.1, 0.15) is 0 Å². The van der Waals surface area contributed by atoms with Gasteiger partial charge in [-0.15, -0.1) is 0 Å². The third kappa shape index (κ3) is 3.55. The Morgan fingerprint density at radius 1 is 1.17 bits per heavy atom. The lowest BCUT2D eigenvalue weighted by atomic mass is 9.82. The van der Waals surface area contributed by atoms with Crippen LogP contribution < -0.4 is 0 Å². The molecule has 0 saturated heterocycles. The van der Waals surface area contributed by atoms with E-state index in [1.165, 1.54) is 6.08 Å². The first kappa shape index (κ1) is 17.5. The number of allylic oxidation sites excluding steroid dienone is 3. The van der Waals surface area contributed by atoms with Crippen LogP contribution in [-0.4, -0.2) is 25.5 Å². The molecule has 3 nitrogen and oxygen atoms in total. The van der Waals surface area contributed by atoms with E-state index in [9.17, 15) is 9.59 Å². The van der Waals surface area contributed by atoms with E-state index in [0.29, 0.717) is 5.57 Å². The van der Waals surface area contributed by atoms with Crippen LogP contribution in [0.3, 0.4) is 0 Å². The molecule has 0 fully saturated rings. The molecule has 4 heteroatoms. The zero-order valence-corrected chi connectivity index (χ0v) is 15.4. The van der Waals surface area contributed by atoms with Crippen molar-refractivity contribution in [2.75, 3.05) is 0 Å². The molecule has 2 aliphatic carbocycles. The van der Waals surface area contributed by atoms with Gasteiger partial charge >= 0.3 is 0 Å². The molecule has 0 aromatic heterocycles. The van der Waals surface area contributed by atoms with Gasteiger partial charge in [-0.2, -0.15) is 0 Å². The molecule has 0 radical (unpaired) electrons. The van der Waals surface area contributed by atoms with Gasteiger partial charge in [-0.25, -0.2) is 0 Å². The van der Waals surface area contributed by atoms with Crippen LogP contribution in [0.5, 0.6) is 0 Å². The van der Waals surface area contributed by atoms with E-state index < -0.39 is 13.9 Å². The van der Waals surface area contributed by atoms with Crippen LogP contribution in [0.2, 0.25) is 18.1 Å². The first-order valence-corrected chi connectivity index (χ1v) is 10.6. The van der Waals surface area contributed by atoms with Gasteiger partial charge in [-0.3, -0.25) is 9.59 Å². The Balaban J connectivity index is 2.56. The van der Waals surface area contributed by atoms with Crippen molar-refractivity contribution in [3.8, 4) is 23.7 Å². The Morgan fingerprint density at radius 2 is 1.83 bits per heavy atom. The van der Waals surface area contributed by atoms with Gasteiger partial charge in [0.2, 0.25) is 5.78 Å². The highest BCUT2D eigenvalue weighted by Crippen LogP contribution is 2.41. The van der Waals surface area contributed by atoms with Crippen molar-refractivity contribution in [3.63, 3.8) is 0 Å². The minimum atomic E-state index is -2.28. The Morgan fingerprint density at radius 3 is 2.48 bits per heavy atom. The molecular weight excluding hydrogens is 304 g/mol. The minimum Gasteiger partial charge on any atom is -0.394 e. The van der Waals surface area contributed by atoms with E-state index >= 15 is 0 Å². The van der Waals surface area contributed by atoms with Gasteiger partial charge < -0.3 is 4.43 Å². The van der Waals surface area contributed by atoms with Crippen molar-refractivity contribution in [1.82, 2.24) is 0 Å². The summed E-state index contributed by atoms with van der Waals surface area (Å²) in [6.07, 6.45) is 4.89. The fourth-order valence-electron chi connectivity index (χ4n) is 2.27. The number of carbonyl (C=O) groups excluding carboxylic acids is 2. The summed E-state index contributed by atoms with van der Waals surface area (Å²) in [7, 11) is -2.28. The number of hydrogen-bond donors (Lipinski definition) is 0. The molecule has 0 amide bonds. The second-order valence-corrected chi connectivity index (χ2v) is 12.2. The highest BCUT2D eigenvalue weighted by molar-refractivity contribution is 6.74. The summed E-state index contributed by atoms with van der Waals surface area (Å²) in [4.78, 5) is 25.2. The molecule has 2 rings (SSSR count). The zero-order chi connectivity index (χ0) is 17.3. The quantitative estimate of drug-likeness (QED) is 0.578. The summed E-state index contributed by atoms with van der Waals surface area (Å²) < 4.78 is 6.39. The molecule has 2 bridgehead atoms. The summed E-state index contributed by atoms with van der Waals surface area (Å²) >= 11 is 0. The summed E-state index contributed by atoms with van der Waals surface area (Å²) in [6.45, 7) is 10.4. The standard InChI is InChI=1S/C19H22O3Si/c1-18(2,3)23(4,5)22-19-12-10-8-6-7-9-11-15(17(19)21)13-16(20)14-19/h6,8,13H,11,14H2,1-5H3. The van der Waals surface area contributed by atoms with Gasteiger partial charge in [0, 0.05) is 12.0 Å². The van der Waals surface area contributed by atoms with Crippen molar-refractivity contribution in [2.24, 2.45) is 0 Å². The molecule has 1 unspecified atom stereocenters. The molecule has 23 heavy (non-hydrogen) atoms. The van der Waals surface area contributed by atoms with Gasteiger partial charge in [0.15, 0.2) is 19.7 Å².